The van der Waals surface area contributed by atoms with Gasteiger partial charge in [-0.15, -0.1) is 0 Å². The van der Waals surface area contributed by atoms with Crippen molar-refractivity contribution in [3.63, 3.8) is 0 Å². The van der Waals surface area contributed by atoms with Gasteiger partial charge < -0.3 is 8.15 Å². The largest absolute Gasteiger partial charge is 0.309 e. The molecule has 0 aromatic heterocycles. The summed E-state index contributed by atoms with van der Waals surface area (Å²) >= 11 is 0. The molecule has 0 saturated heterocycles. The fraction of sp³-hybridized carbons (Fsp3) is 1.00. The zero-order valence-corrected chi connectivity index (χ0v) is 7.22. The molecule has 0 aromatic rings. The van der Waals surface area contributed by atoms with Crippen molar-refractivity contribution in [1.82, 2.24) is 0 Å². The Bertz CT molecular complexity index is 66.6. The zero-order chi connectivity index (χ0) is 6.41. The van der Waals surface area contributed by atoms with Crippen LogP contribution >= 0.6 is 8.15 Å². The van der Waals surface area contributed by atoms with Crippen LogP contribution in [0.2, 0.25) is 0 Å². The van der Waals surface area contributed by atoms with Crippen molar-refractivity contribution in [1.29, 1.82) is 0 Å². The van der Waals surface area contributed by atoms with Crippen LogP contribution in [0.3, 0.4) is 0 Å². The standard InChI is InChI=1S/C5H17BS/c1-7(2,3,4,5)6/h6H2,1-5H3. The van der Waals surface area contributed by atoms with E-state index in [1.165, 1.54) is 0 Å². The van der Waals surface area contributed by atoms with Crippen molar-refractivity contribution in [3.8, 4) is 0 Å². The summed E-state index contributed by atoms with van der Waals surface area (Å²) < 4.78 is 0. The van der Waals surface area contributed by atoms with Crippen LogP contribution in [0, 0.1) is 0 Å². The smallest absolute Gasteiger partial charge is 0.140 e. The van der Waals surface area contributed by atoms with E-state index in [2.05, 4.69) is 38.4 Å². The second-order valence-corrected chi connectivity index (χ2v) is 18.4. The first-order valence-corrected chi connectivity index (χ1v) is 7.35. The first-order chi connectivity index (χ1) is 2.45. The van der Waals surface area contributed by atoms with E-state index in [0.29, 0.717) is 0 Å². The molecule has 0 aromatic carbocycles. The predicted molar refractivity (Wildman–Crippen MR) is 45.8 cm³/mol. The Morgan fingerprint density at radius 2 is 0.857 bits per heavy atom. The highest BCUT2D eigenvalue weighted by molar-refractivity contribution is 8.76. The normalized spacial score (nSPS) is 23.0. The molecule has 0 fully saturated rings. The second-order valence-electron chi connectivity index (χ2n) is 6.12. The van der Waals surface area contributed by atoms with E-state index >= 15 is 0 Å². The van der Waals surface area contributed by atoms with E-state index in [4.69, 9.17) is 0 Å². The fourth-order valence-electron chi connectivity index (χ4n) is 0. The minimum Gasteiger partial charge on any atom is -0.309 e. The van der Waals surface area contributed by atoms with Crippen LogP contribution in [0.4, 0.5) is 0 Å². The molecule has 0 nitrogen and oxygen atoms in total. The summed E-state index contributed by atoms with van der Waals surface area (Å²) in [5.74, 6) is 0. The van der Waals surface area contributed by atoms with Gasteiger partial charge in [-0.25, -0.2) is 0 Å². The molecule has 2 heteroatoms. The van der Waals surface area contributed by atoms with Crippen molar-refractivity contribution in [2.24, 2.45) is 0 Å². The van der Waals surface area contributed by atoms with Crippen molar-refractivity contribution < 1.29 is 0 Å². The molecule has 0 aliphatic rings. The lowest BCUT2D eigenvalue weighted by atomic mass is 10.8. The first-order valence-electron chi connectivity index (χ1n) is 2.45. The molecule has 0 unspecified atom stereocenters. The molecule has 0 amide bonds. The lowest BCUT2D eigenvalue weighted by Gasteiger charge is -2.62. The Labute approximate surface area is 47.2 Å². The summed E-state index contributed by atoms with van der Waals surface area (Å²) in [4.78, 5) is 0. The maximum atomic E-state index is 2.35. The Kier molecular flexibility index (Phi) is 0.839. The summed E-state index contributed by atoms with van der Waals surface area (Å²) in [6.45, 7) is 0. The van der Waals surface area contributed by atoms with Gasteiger partial charge in [0.05, 0.1) is 0 Å². The van der Waals surface area contributed by atoms with Gasteiger partial charge in [0.25, 0.3) is 0 Å². The average Bonchev–Trinajstić information content (AvgIpc) is 0.592. The molecule has 0 aliphatic carbocycles. The van der Waals surface area contributed by atoms with Gasteiger partial charge in [0.2, 0.25) is 0 Å². The summed E-state index contributed by atoms with van der Waals surface area (Å²) in [5, 5.41) is 0. The summed E-state index contributed by atoms with van der Waals surface area (Å²) in [6.07, 6.45) is 11.7. The third-order valence-electron chi connectivity index (χ3n) is 0. The summed E-state index contributed by atoms with van der Waals surface area (Å²) in [6, 6.07) is 0. The van der Waals surface area contributed by atoms with Gasteiger partial charge in [-0.2, -0.15) is 0 Å². The highest BCUT2D eigenvalue weighted by atomic mass is 32.4. The average molecular weight is 120 g/mol. The Morgan fingerprint density at radius 1 is 0.857 bits per heavy atom. The Balaban J connectivity index is 4.43. The van der Waals surface area contributed by atoms with Crippen LogP contribution in [0.1, 0.15) is 0 Å². The van der Waals surface area contributed by atoms with Gasteiger partial charge >= 0.3 is 0 Å². The van der Waals surface area contributed by atoms with Crippen LogP contribution < -0.4 is 0 Å². The monoisotopic (exact) mass is 120 g/mol. The van der Waals surface area contributed by atoms with Crippen LogP contribution in [0.5, 0.6) is 0 Å². The van der Waals surface area contributed by atoms with E-state index in [1.54, 1.807) is 0 Å². The Hall–Kier alpha value is 0.415. The van der Waals surface area contributed by atoms with Crippen molar-refractivity contribution in [2.75, 3.05) is 31.3 Å². The molecule has 0 heterocycles. The third kappa shape index (κ3) is 726. The maximum absolute atomic E-state index is 2.35. The van der Waals surface area contributed by atoms with E-state index in [9.17, 15) is 0 Å². The van der Waals surface area contributed by atoms with E-state index in [-0.39, 0.29) is 0 Å². The minimum absolute atomic E-state index is 1.47. The van der Waals surface area contributed by atoms with Gasteiger partial charge in [-0.05, 0) is 0 Å². The molecule has 0 radical (unpaired) electrons. The summed E-state index contributed by atoms with van der Waals surface area (Å²) in [5.41, 5.74) is 0. The maximum Gasteiger partial charge on any atom is 0.140 e. The molecule has 0 bridgehead atoms. The highest BCUT2D eigenvalue weighted by Gasteiger charge is 2.29. The van der Waals surface area contributed by atoms with E-state index in [0.717, 1.165) is 0 Å². The van der Waals surface area contributed by atoms with Crippen molar-refractivity contribution in [2.45, 2.75) is 0 Å². The SMILES string of the molecule is BS(C)(C)(C)(C)C. The molecule has 7 heavy (non-hydrogen) atoms. The van der Waals surface area contributed by atoms with Gasteiger partial charge in [0.1, 0.15) is 7.12 Å². The minimum atomic E-state index is -1.47. The van der Waals surface area contributed by atoms with Crippen LogP contribution in [0.25, 0.3) is 0 Å². The number of hydrogen-bond acceptors (Lipinski definition) is 0. The zero-order valence-electron chi connectivity index (χ0n) is 6.41. The lowest BCUT2D eigenvalue weighted by Crippen LogP contribution is -2.28. The van der Waals surface area contributed by atoms with Crippen LogP contribution in [-0.2, 0) is 0 Å². The first kappa shape index (κ1) is 7.41. The third-order valence-corrected chi connectivity index (χ3v) is 0. The van der Waals surface area contributed by atoms with Gasteiger partial charge in [0, 0.05) is 0 Å². The number of hydrogen-bond donors (Lipinski definition) is 0. The van der Waals surface area contributed by atoms with Gasteiger partial charge in [0.15, 0.2) is 0 Å². The van der Waals surface area contributed by atoms with Gasteiger partial charge in [-0.3, -0.25) is 0 Å². The van der Waals surface area contributed by atoms with Crippen molar-refractivity contribution >= 4 is 15.3 Å². The molecular weight excluding hydrogens is 103 g/mol. The molecule has 46 valence electrons. The van der Waals surface area contributed by atoms with E-state index < -0.39 is 8.15 Å². The topological polar surface area (TPSA) is 0 Å². The molecule has 0 atom stereocenters. The Morgan fingerprint density at radius 3 is 0.857 bits per heavy atom. The molecule has 0 N–H and O–H groups in total. The van der Waals surface area contributed by atoms with Crippen LogP contribution in [-0.4, -0.2) is 38.4 Å². The molecular formula is C5H17BS. The molecule has 0 spiro atoms. The quantitative estimate of drug-likeness (QED) is 0.410. The fourth-order valence-corrected chi connectivity index (χ4v) is 0. The molecule has 0 saturated carbocycles. The molecule has 0 aliphatic heterocycles. The van der Waals surface area contributed by atoms with Crippen molar-refractivity contribution in [3.05, 3.63) is 0 Å². The van der Waals surface area contributed by atoms with Gasteiger partial charge in [-0.1, -0.05) is 31.3 Å². The molecule has 0 rings (SSSR count). The van der Waals surface area contributed by atoms with Crippen LogP contribution in [0.15, 0.2) is 0 Å². The lowest BCUT2D eigenvalue weighted by molar-refractivity contribution is 1.85. The number of rotatable bonds is 0. The summed E-state index contributed by atoms with van der Waals surface area (Å²) in [7, 11) is 0.875. The van der Waals surface area contributed by atoms with E-state index in [1.807, 2.05) is 0 Å². The second kappa shape index (κ2) is 0.792. The highest BCUT2D eigenvalue weighted by Crippen LogP contribution is 2.70. The predicted octanol–water partition coefficient (Wildman–Crippen LogP) is 0.559.